The van der Waals surface area contributed by atoms with Gasteiger partial charge in [-0.25, -0.2) is 9.59 Å². The van der Waals surface area contributed by atoms with Gasteiger partial charge in [0.05, 0.1) is 36.7 Å². The molecule has 4 N–H and O–H groups in total. The van der Waals surface area contributed by atoms with Gasteiger partial charge in [-0.1, -0.05) is 22.7 Å². The fourth-order valence-corrected chi connectivity index (χ4v) is 4.91. The second-order valence-electron chi connectivity index (χ2n) is 9.24. The van der Waals surface area contributed by atoms with Gasteiger partial charge in [0.1, 0.15) is 22.9 Å². The molecule has 24 heteroatoms. The maximum absolute atomic E-state index is 12.6. The summed E-state index contributed by atoms with van der Waals surface area (Å²) in [5.41, 5.74) is 0.317. The maximum atomic E-state index is 12.6. The molecular formula is C27H21F6N9O7S2. The molecule has 0 aliphatic heterocycles. The number of urea groups is 2. The molecule has 0 spiro atoms. The zero-order valence-electron chi connectivity index (χ0n) is 25.6. The van der Waals surface area contributed by atoms with Crippen LogP contribution in [0.1, 0.15) is 16.9 Å². The average molecular weight is 762 g/mol. The first-order valence-corrected chi connectivity index (χ1v) is 15.3. The van der Waals surface area contributed by atoms with E-state index in [0.29, 0.717) is 29.4 Å². The summed E-state index contributed by atoms with van der Waals surface area (Å²) >= 11 is 0.354. The number of amides is 4. The van der Waals surface area contributed by atoms with E-state index in [1.54, 1.807) is 30.3 Å². The minimum atomic E-state index is -4.68. The van der Waals surface area contributed by atoms with Crippen LogP contribution in [0, 0.1) is 10.1 Å². The van der Waals surface area contributed by atoms with Crippen LogP contribution in [-0.2, 0) is 12.4 Å². The number of hydrogen-bond acceptors (Lipinski definition) is 13. The molecule has 0 aliphatic rings. The topological polar surface area (TPSA) is 209 Å². The Morgan fingerprint density at radius 2 is 1.37 bits per heavy atom. The Hall–Kier alpha value is -6.04. The van der Waals surface area contributed by atoms with E-state index in [4.69, 9.17) is 13.9 Å². The third kappa shape index (κ3) is 10.5. The van der Waals surface area contributed by atoms with E-state index in [0.717, 1.165) is 6.07 Å². The number of nitro benzene ring substituents is 1. The molecule has 3 heterocycles. The Kier molecular flexibility index (Phi) is 11.9. The van der Waals surface area contributed by atoms with Crippen molar-refractivity contribution in [1.29, 1.82) is 0 Å². The van der Waals surface area contributed by atoms with Crippen LogP contribution in [0.4, 0.5) is 63.3 Å². The summed E-state index contributed by atoms with van der Waals surface area (Å²) < 4.78 is 90.5. The fourth-order valence-electron chi connectivity index (χ4n) is 3.70. The van der Waals surface area contributed by atoms with E-state index < -0.39 is 50.2 Å². The minimum Gasteiger partial charge on any atom is -0.496 e. The number of methoxy groups -OCH3 is 1. The number of carbonyl (C=O) groups excluding carboxylic acids is 2. The van der Waals surface area contributed by atoms with Gasteiger partial charge in [-0.2, -0.15) is 26.3 Å². The SMILES string of the molecule is CCOc1ccc(NC(=O)Nc2nnc(C(F)(F)F)s2)c(-c2ccco2)c1.COc1ccc(NC(=O)Nc2nnc(C(F)(F)F)s2)c([N+](=O)[O-])c1. The van der Waals surface area contributed by atoms with E-state index in [1.165, 1.54) is 25.5 Å². The number of nitro groups is 1. The molecule has 3 aromatic heterocycles. The summed E-state index contributed by atoms with van der Waals surface area (Å²) in [4.78, 5) is 34.1. The normalized spacial score (nSPS) is 11.1. The standard InChI is InChI=1S/C16H13F3N4O3S.C11H8F3N5O4S/c1-2-25-9-5-6-11(10(8-9)12-4-3-7-26-12)20-14(24)21-15-23-22-13(27-15)16(17,18)19;1-23-5-2-3-6(7(4-5)19(21)22)15-9(20)16-10-18-17-8(24-10)11(12,13)14/h3-8H,2H2,1H3,(H2,20,21,23,24);2-4H,1H3,(H2,15,16,18,20). The van der Waals surface area contributed by atoms with E-state index in [1.807, 2.05) is 12.2 Å². The number of aromatic nitrogens is 4. The summed E-state index contributed by atoms with van der Waals surface area (Å²) in [5.74, 6) is 1.27. The van der Waals surface area contributed by atoms with Gasteiger partial charge < -0.3 is 24.5 Å². The van der Waals surface area contributed by atoms with Crippen molar-refractivity contribution in [1.82, 2.24) is 20.4 Å². The number of alkyl halides is 6. The third-order valence-corrected chi connectivity index (χ3v) is 7.53. The molecule has 2 aromatic carbocycles. The quantitative estimate of drug-likeness (QED) is 0.0643. The second-order valence-corrected chi connectivity index (χ2v) is 11.2. The number of furan rings is 1. The minimum absolute atomic E-state index is 0.122. The predicted molar refractivity (Wildman–Crippen MR) is 170 cm³/mol. The number of ether oxygens (including phenoxy) is 2. The molecule has 51 heavy (non-hydrogen) atoms. The highest BCUT2D eigenvalue weighted by atomic mass is 32.1. The first-order chi connectivity index (χ1) is 24.1. The average Bonchev–Trinajstić information content (AvgIpc) is 3.85. The number of hydrogen-bond donors (Lipinski definition) is 4. The van der Waals surface area contributed by atoms with Crippen molar-refractivity contribution < 1.29 is 54.7 Å². The van der Waals surface area contributed by atoms with Crippen molar-refractivity contribution in [3.05, 3.63) is 74.9 Å². The predicted octanol–water partition coefficient (Wildman–Crippen LogP) is 7.98. The zero-order valence-corrected chi connectivity index (χ0v) is 27.2. The molecule has 0 aliphatic carbocycles. The largest absolute Gasteiger partial charge is 0.496 e. The van der Waals surface area contributed by atoms with Crippen LogP contribution < -0.4 is 30.7 Å². The second kappa shape index (κ2) is 16.1. The van der Waals surface area contributed by atoms with Gasteiger partial charge in [0.2, 0.25) is 20.3 Å². The lowest BCUT2D eigenvalue weighted by Gasteiger charge is -2.12. The maximum Gasteiger partial charge on any atom is 0.445 e. The van der Waals surface area contributed by atoms with Crippen molar-refractivity contribution >= 4 is 62.1 Å². The van der Waals surface area contributed by atoms with Crippen molar-refractivity contribution in [3.8, 4) is 22.8 Å². The Bertz CT molecular complexity index is 1990. The van der Waals surface area contributed by atoms with Crippen LogP contribution >= 0.6 is 22.7 Å². The summed E-state index contributed by atoms with van der Waals surface area (Å²) in [6, 6.07) is 10.2. The van der Waals surface area contributed by atoms with Crippen LogP contribution in [0.25, 0.3) is 11.3 Å². The molecule has 5 rings (SSSR count). The molecule has 0 bridgehead atoms. The van der Waals surface area contributed by atoms with Gasteiger partial charge in [-0.05, 0) is 49.4 Å². The van der Waals surface area contributed by atoms with E-state index in [9.17, 15) is 46.0 Å². The Balaban J connectivity index is 0.000000230. The van der Waals surface area contributed by atoms with E-state index in [-0.39, 0.29) is 39.2 Å². The van der Waals surface area contributed by atoms with Crippen molar-refractivity contribution in [2.75, 3.05) is 35.0 Å². The first kappa shape index (κ1) is 37.8. The van der Waals surface area contributed by atoms with Gasteiger partial charge >= 0.3 is 24.4 Å². The molecule has 5 aromatic rings. The molecule has 0 saturated heterocycles. The molecule has 0 saturated carbocycles. The summed E-state index contributed by atoms with van der Waals surface area (Å²) in [6.45, 7) is 2.30. The van der Waals surface area contributed by atoms with Gasteiger partial charge in [0.15, 0.2) is 0 Å². The highest BCUT2D eigenvalue weighted by molar-refractivity contribution is 7.15. The summed E-state index contributed by atoms with van der Waals surface area (Å²) in [6.07, 6.45) is -7.81. The molecular weight excluding hydrogens is 740 g/mol. The van der Waals surface area contributed by atoms with Crippen LogP contribution in [0.2, 0.25) is 0 Å². The summed E-state index contributed by atoms with van der Waals surface area (Å²) in [5, 5.41) is 29.3. The number of nitrogens with zero attached hydrogens (tertiary/aromatic N) is 5. The van der Waals surface area contributed by atoms with Crippen molar-refractivity contribution in [2.45, 2.75) is 19.3 Å². The lowest BCUT2D eigenvalue weighted by Crippen LogP contribution is -2.20. The number of rotatable bonds is 9. The monoisotopic (exact) mass is 761 g/mol. The molecule has 0 unspecified atom stereocenters. The van der Waals surface area contributed by atoms with Crippen LogP contribution in [0.5, 0.6) is 11.5 Å². The number of halogens is 6. The highest BCUT2D eigenvalue weighted by Crippen LogP contribution is 2.36. The molecule has 270 valence electrons. The van der Waals surface area contributed by atoms with E-state index in [2.05, 4.69) is 36.3 Å². The smallest absolute Gasteiger partial charge is 0.445 e. The van der Waals surface area contributed by atoms with Crippen LogP contribution in [-0.4, -0.2) is 51.1 Å². The number of nitrogens with one attached hydrogen (secondary N) is 4. The first-order valence-electron chi connectivity index (χ1n) is 13.7. The zero-order chi connectivity index (χ0) is 37.3. The molecule has 16 nitrogen and oxygen atoms in total. The van der Waals surface area contributed by atoms with Gasteiger partial charge in [-0.15, -0.1) is 20.4 Å². The van der Waals surface area contributed by atoms with Gasteiger partial charge in [0.25, 0.3) is 5.69 Å². The summed E-state index contributed by atoms with van der Waals surface area (Å²) in [7, 11) is 1.31. The van der Waals surface area contributed by atoms with E-state index >= 15 is 0 Å². The van der Waals surface area contributed by atoms with Crippen LogP contribution in [0.15, 0.2) is 59.2 Å². The van der Waals surface area contributed by atoms with Crippen LogP contribution in [0.3, 0.4) is 0 Å². The highest BCUT2D eigenvalue weighted by Gasteiger charge is 2.36. The fraction of sp³-hybridized carbons (Fsp3) is 0.185. The van der Waals surface area contributed by atoms with Gasteiger partial charge in [0, 0.05) is 5.56 Å². The van der Waals surface area contributed by atoms with Gasteiger partial charge in [-0.3, -0.25) is 20.7 Å². The number of benzene rings is 2. The number of anilines is 4. The Morgan fingerprint density at radius 1 is 0.824 bits per heavy atom. The molecule has 0 atom stereocenters. The molecule has 0 radical (unpaired) electrons. The lowest BCUT2D eigenvalue weighted by atomic mass is 10.1. The third-order valence-electron chi connectivity index (χ3n) is 5.76. The Morgan fingerprint density at radius 3 is 1.84 bits per heavy atom. The molecule has 0 fully saturated rings. The number of carbonyl (C=O) groups is 2. The lowest BCUT2D eigenvalue weighted by molar-refractivity contribution is -0.384. The Labute approximate surface area is 289 Å². The molecule has 4 amide bonds. The van der Waals surface area contributed by atoms with Crippen molar-refractivity contribution in [3.63, 3.8) is 0 Å². The van der Waals surface area contributed by atoms with Crippen molar-refractivity contribution in [2.24, 2.45) is 0 Å².